The first-order valence-electron chi connectivity index (χ1n) is 11.2. The second-order valence-electron chi connectivity index (χ2n) is 7.94. The van der Waals surface area contributed by atoms with Gasteiger partial charge in [-0.15, -0.1) is 10.2 Å². The number of benzene rings is 2. The molecule has 0 aliphatic heterocycles. The van der Waals surface area contributed by atoms with Crippen molar-refractivity contribution in [2.75, 3.05) is 23.7 Å². The zero-order valence-corrected chi connectivity index (χ0v) is 19.0. The zero-order chi connectivity index (χ0) is 24.0. The molecule has 0 fully saturated rings. The third-order valence-electron chi connectivity index (χ3n) is 5.33. The summed E-state index contributed by atoms with van der Waals surface area (Å²) in [6, 6.07) is 22.5. The Morgan fingerprint density at radius 1 is 0.886 bits per heavy atom. The summed E-state index contributed by atoms with van der Waals surface area (Å²) < 4.78 is 5.52. The Morgan fingerprint density at radius 2 is 1.71 bits per heavy atom. The van der Waals surface area contributed by atoms with Crippen LogP contribution < -0.4 is 16.0 Å². The van der Waals surface area contributed by atoms with Crippen LogP contribution in [0.2, 0.25) is 0 Å². The van der Waals surface area contributed by atoms with E-state index in [1.165, 1.54) is 0 Å². The Kier molecular flexibility index (Phi) is 6.29. The summed E-state index contributed by atoms with van der Waals surface area (Å²) in [6.45, 7) is 2.91. The SMILES string of the molecule is Cc1ccnc(Nc2ccc(NCCNC(=O)c3ccc4noc(-c5ccccc5)c4c3)nn2)c1. The first-order valence-corrected chi connectivity index (χ1v) is 11.2. The lowest BCUT2D eigenvalue weighted by Crippen LogP contribution is -2.28. The molecule has 0 saturated heterocycles. The molecule has 5 aromatic rings. The predicted molar refractivity (Wildman–Crippen MR) is 135 cm³/mol. The standard InChI is InChI=1S/C26H23N7O2/c1-17-11-12-27-24(15-17)30-23-10-9-22(31-32-23)28-13-14-29-26(34)19-7-8-21-20(16-19)25(35-33-21)18-5-3-2-4-6-18/h2-12,15-16H,13-14H2,1H3,(H,28,31)(H,29,34)(H,27,30,32). The Morgan fingerprint density at radius 3 is 2.51 bits per heavy atom. The smallest absolute Gasteiger partial charge is 0.251 e. The Labute approximate surface area is 201 Å². The molecule has 174 valence electrons. The second-order valence-corrected chi connectivity index (χ2v) is 7.94. The first kappa shape index (κ1) is 22.0. The molecule has 0 saturated carbocycles. The summed E-state index contributed by atoms with van der Waals surface area (Å²) in [4.78, 5) is 16.9. The maximum atomic E-state index is 12.7. The van der Waals surface area contributed by atoms with Gasteiger partial charge in [0.25, 0.3) is 5.91 Å². The van der Waals surface area contributed by atoms with Gasteiger partial charge in [0.1, 0.15) is 17.2 Å². The fraction of sp³-hybridized carbons (Fsp3) is 0.115. The number of fused-ring (bicyclic) bond motifs is 1. The van der Waals surface area contributed by atoms with Crippen LogP contribution in [0.4, 0.5) is 17.5 Å². The number of anilines is 3. The lowest BCUT2D eigenvalue weighted by Gasteiger charge is -2.08. The summed E-state index contributed by atoms with van der Waals surface area (Å²) in [5.41, 5.74) is 3.26. The molecule has 0 radical (unpaired) electrons. The van der Waals surface area contributed by atoms with E-state index < -0.39 is 0 Å². The molecule has 0 spiro atoms. The molecule has 0 bridgehead atoms. The van der Waals surface area contributed by atoms with Crippen LogP contribution in [0.3, 0.4) is 0 Å². The quantitative estimate of drug-likeness (QED) is 0.285. The molecule has 0 aliphatic rings. The molecular weight excluding hydrogens is 442 g/mol. The molecule has 2 aromatic carbocycles. The lowest BCUT2D eigenvalue weighted by molar-refractivity contribution is 0.0955. The summed E-state index contributed by atoms with van der Waals surface area (Å²) >= 11 is 0. The third kappa shape index (κ3) is 5.25. The molecule has 1 amide bonds. The zero-order valence-electron chi connectivity index (χ0n) is 19.0. The van der Waals surface area contributed by atoms with Gasteiger partial charge in [0, 0.05) is 30.4 Å². The van der Waals surface area contributed by atoms with Crippen molar-refractivity contribution in [2.24, 2.45) is 0 Å². The minimum atomic E-state index is -0.176. The number of carbonyl (C=O) groups excluding carboxylic acids is 1. The number of rotatable bonds is 8. The number of nitrogens with zero attached hydrogens (tertiary/aromatic N) is 4. The summed E-state index contributed by atoms with van der Waals surface area (Å²) in [7, 11) is 0. The average molecular weight is 466 g/mol. The van der Waals surface area contributed by atoms with E-state index in [0.29, 0.717) is 47.4 Å². The molecule has 0 aliphatic carbocycles. The number of pyridine rings is 1. The molecule has 3 heterocycles. The lowest BCUT2D eigenvalue weighted by atomic mass is 10.1. The third-order valence-corrected chi connectivity index (χ3v) is 5.33. The normalized spacial score (nSPS) is 10.8. The van der Waals surface area contributed by atoms with E-state index in [-0.39, 0.29) is 5.91 Å². The Balaban J connectivity index is 1.15. The maximum Gasteiger partial charge on any atom is 0.251 e. The van der Waals surface area contributed by atoms with Crippen LogP contribution in [-0.2, 0) is 0 Å². The second kappa shape index (κ2) is 10.0. The molecule has 9 heteroatoms. The van der Waals surface area contributed by atoms with Crippen molar-refractivity contribution in [2.45, 2.75) is 6.92 Å². The summed E-state index contributed by atoms with van der Waals surface area (Å²) in [5, 5.41) is 22.4. The fourth-order valence-electron chi connectivity index (χ4n) is 3.58. The van der Waals surface area contributed by atoms with Crippen LogP contribution in [0, 0.1) is 6.92 Å². The van der Waals surface area contributed by atoms with Crippen molar-refractivity contribution in [3.8, 4) is 11.3 Å². The fourth-order valence-corrected chi connectivity index (χ4v) is 3.58. The van der Waals surface area contributed by atoms with E-state index in [9.17, 15) is 4.79 Å². The monoisotopic (exact) mass is 465 g/mol. The van der Waals surface area contributed by atoms with Crippen molar-refractivity contribution in [1.29, 1.82) is 0 Å². The van der Waals surface area contributed by atoms with Gasteiger partial charge in [-0.2, -0.15) is 0 Å². The van der Waals surface area contributed by atoms with E-state index >= 15 is 0 Å². The number of aromatic nitrogens is 4. The average Bonchev–Trinajstić information content (AvgIpc) is 3.31. The van der Waals surface area contributed by atoms with Crippen molar-refractivity contribution in [1.82, 2.24) is 25.7 Å². The van der Waals surface area contributed by atoms with Crippen molar-refractivity contribution >= 4 is 34.3 Å². The highest BCUT2D eigenvalue weighted by Crippen LogP contribution is 2.29. The van der Waals surface area contributed by atoms with Crippen LogP contribution in [0.15, 0.2) is 83.5 Å². The van der Waals surface area contributed by atoms with Crippen molar-refractivity contribution < 1.29 is 9.32 Å². The van der Waals surface area contributed by atoms with Gasteiger partial charge in [0.2, 0.25) is 0 Å². The molecule has 35 heavy (non-hydrogen) atoms. The minimum Gasteiger partial charge on any atom is -0.367 e. The van der Waals surface area contributed by atoms with Gasteiger partial charge in [-0.25, -0.2) is 4.98 Å². The maximum absolute atomic E-state index is 12.7. The van der Waals surface area contributed by atoms with E-state index in [0.717, 1.165) is 16.5 Å². The number of hydrogen-bond donors (Lipinski definition) is 3. The van der Waals surface area contributed by atoms with Gasteiger partial charge in [0.05, 0.1) is 5.39 Å². The van der Waals surface area contributed by atoms with Crippen molar-refractivity contribution in [3.63, 3.8) is 0 Å². The summed E-state index contributed by atoms with van der Waals surface area (Å²) in [6.07, 6.45) is 1.74. The van der Waals surface area contributed by atoms with Gasteiger partial charge in [-0.05, 0) is 55.0 Å². The number of aryl methyl sites for hydroxylation is 1. The van der Waals surface area contributed by atoms with Gasteiger partial charge in [-0.3, -0.25) is 4.79 Å². The molecule has 3 aromatic heterocycles. The summed E-state index contributed by atoms with van der Waals surface area (Å²) in [5.74, 6) is 2.39. The topological polar surface area (TPSA) is 118 Å². The van der Waals surface area contributed by atoms with Gasteiger partial charge in [0.15, 0.2) is 11.6 Å². The van der Waals surface area contributed by atoms with Gasteiger partial charge < -0.3 is 20.5 Å². The van der Waals surface area contributed by atoms with Crippen LogP contribution in [-0.4, -0.2) is 39.3 Å². The highest BCUT2D eigenvalue weighted by Gasteiger charge is 2.13. The minimum absolute atomic E-state index is 0.176. The highest BCUT2D eigenvalue weighted by molar-refractivity contribution is 6.01. The highest BCUT2D eigenvalue weighted by atomic mass is 16.5. The predicted octanol–water partition coefficient (Wildman–Crippen LogP) is 4.57. The van der Waals surface area contributed by atoms with E-state index in [1.807, 2.05) is 61.5 Å². The molecule has 3 N–H and O–H groups in total. The molecule has 5 rings (SSSR count). The van der Waals surface area contributed by atoms with E-state index in [4.69, 9.17) is 4.52 Å². The number of amides is 1. The number of carbonyl (C=O) groups is 1. The molecule has 9 nitrogen and oxygen atoms in total. The van der Waals surface area contributed by atoms with Crippen molar-refractivity contribution in [3.05, 3.63) is 90.1 Å². The van der Waals surface area contributed by atoms with Gasteiger partial charge >= 0.3 is 0 Å². The Bertz CT molecular complexity index is 1450. The number of hydrogen-bond acceptors (Lipinski definition) is 8. The molecule has 0 atom stereocenters. The molecule has 0 unspecified atom stereocenters. The molecular formula is C26H23N7O2. The number of nitrogens with one attached hydrogen (secondary N) is 3. The van der Waals surface area contributed by atoms with Gasteiger partial charge in [-0.1, -0.05) is 35.5 Å². The van der Waals surface area contributed by atoms with Crippen LogP contribution in [0.1, 0.15) is 15.9 Å². The van der Waals surface area contributed by atoms with Crippen LogP contribution in [0.25, 0.3) is 22.2 Å². The van der Waals surface area contributed by atoms with E-state index in [2.05, 4.69) is 36.3 Å². The van der Waals surface area contributed by atoms with E-state index in [1.54, 1.807) is 24.4 Å². The largest absolute Gasteiger partial charge is 0.367 e. The van der Waals surface area contributed by atoms with Crippen LogP contribution >= 0.6 is 0 Å². The Hall–Kier alpha value is -4.79. The first-order chi connectivity index (χ1) is 17.2. The van der Waals surface area contributed by atoms with Crippen LogP contribution in [0.5, 0.6) is 0 Å².